The van der Waals surface area contributed by atoms with Crippen LogP contribution < -0.4 is 14.4 Å². The zero-order valence-electron chi connectivity index (χ0n) is 23.3. The van der Waals surface area contributed by atoms with Crippen LogP contribution in [0, 0.1) is 6.92 Å². The van der Waals surface area contributed by atoms with Crippen LogP contribution in [0.2, 0.25) is 0 Å². The molecule has 40 heavy (non-hydrogen) atoms. The maximum absolute atomic E-state index is 14.1. The number of carbonyl (C=O) groups is 2. The molecule has 210 valence electrons. The van der Waals surface area contributed by atoms with E-state index in [0.29, 0.717) is 49.5 Å². The topological polar surface area (TPSA) is 96.0 Å². The van der Waals surface area contributed by atoms with Gasteiger partial charge >= 0.3 is 0 Å². The number of piperidine rings is 1. The molecule has 2 aliphatic heterocycles. The van der Waals surface area contributed by atoms with E-state index in [1.165, 1.54) is 11.4 Å². The molecule has 2 amide bonds. The minimum absolute atomic E-state index is 0.00719. The van der Waals surface area contributed by atoms with Crippen molar-refractivity contribution in [2.45, 2.75) is 56.5 Å². The van der Waals surface area contributed by atoms with Gasteiger partial charge in [0.25, 0.3) is 15.9 Å². The van der Waals surface area contributed by atoms with Crippen molar-refractivity contribution in [2.75, 3.05) is 24.5 Å². The lowest BCUT2D eigenvalue weighted by atomic mass is 9.70. The normalized spacial score (nSPS) is 17.9. The minimum Gasteiger partial charge on any atom is -0.497 e. The second-order valence-electron chi connectivity index (χ2n) is 10.7. The zero-order chi connectivity index (χ0) is 28.7. The molecule has 0 saturated carbocycles. The van der Waals surface area contributed by atoms with E-state index in [2.05, 4.69) is 5.32 Å². The largest absolute Gasteiger partial charge is 0.497 e. The van der Waals surface area contributed by atoms with Crippen molar-refractivity contribution >= 4 is 27.5 Å². The average Bonchev–Trinajstić information content (AvgIpc) is 3.19. The number of aryl methyl sites for hydroxylation is 1. The number of ether oxygens (including phenoxy) is 1. The quantitative estimate of drug-likeness (QED) is 0.481. The average molecular weight is 562 g/mol. The third kappa shape index (κ3) is 4.72. The zero-order valence-corrected chi connectivity index (χ0v) is 24.1. The Morgan fingerprint density at radius 2 is 1.70 bits per heavy atom. The molecular weight excluding hydrogens is 526 g/mol. The summed E-state index contributed by atoms with van der Waals surface area (Å²) in [4.78, 5) is 27.4. The lowest BCUT2D eigenvalue weighted by Crippen LogP contribution is -2.52. The molecule has 9 heteroatoms. The molecule has 2 heterocycles. The molecule has 1 N–H and O–H groups in total. The Bertz CT molecular complexity index is 1540. The van der Waals surface area contributed by atoms with Crippen LogP contribution >= 0.6 is 0 Å². The van der Waals surface area contributed by atoms with E-state index >= 15 is 0 Å². The van der Waals surface area contributed by atoms with Crippen LogP contribution in [0.4, 0.5) is 5.69 Å². The number of methoxy groups -OCH3 is 1. The van der Waals surface area contributed by atoms with Crippen molar-refractivity contribution in [3.05, 3.63) is 89.0 Å². The van der Waals surface area contributed by atoms with Gasteiger partial charge in [-0.2, -0.15) is 0 Å². The van der Waals surface area contributed by atoms with Gasteiger partial charge in [0.05, 0.1) is 23.7 Å². The lowest BCUT2D eigenvalue weighted by molar-refractivity contribution is -0.130. The fraction of sp³-hybridized carbons (Fsp3) is 0.355. The van der Waals surface area contributed by atoms with Crippen molar-refractivity contribution < 1.29 is 22.7 Å². The summed E-state index contributed by atoms with van der Waals surface area (Å²) in [5, 5.41) is 3.01. The van der Waals surface area contributed by atoms with E-state index in [9.17, 15) is 18.0 Å². The Balaban J connectivity index is 1.53. The first-order valence-electron chi connectivity index (χ1n) is 13.5. The molecule has 2 aliphatic rings. The van der Waals surface area contributed by atoms with Crippen LogP contribution in [0.1, 0.15) is 53.7 Å². The van der Waals surface area contributed by atoms with E-state index in [0.717, 1.165) is 16.7 Å². The SMILES string of the molecule is COc1ccc(S(=O)(=O)N2c3ccc(C(=O)NCc4ccccc4C)cc3C3(CCN(C(C)=O)CC3)C2C)cc1. The number of amides is 2. The van der Waals surface area contributed by atoms with E-state index in [-0.39, 0.29) is 16.7 Å². The van der Waals surface area contributed by atoms with E-state index in [4.69, 9.17) is 4.74 Å². The number of carbonyl (C=O) groups excluding carboxylic acids is 2. The standard InChI is InChI=1S/C31H35N3O5S/c1-21-7-5-6-8-25(21)20-32-30(36)24-9-14-29-28(19-24)31(15-17-33(18-16-31)23(3)35)22(2)34(29)40(37,38)27-12-10-26(39-4)11-13-27/h5-14,19,22H,15-18,20H2,1-4H3,(H,32,36). The summed E-state index contributed by atoms with van der Waals surface area (Å²) in [7, 11) is -2.38. The predicted octanol–water partition coefficient (Wildman–Crippen LogP) is 4.41. The number of fused-ring (bicyclic) bond motifs is 2. The maximum atomic E-state index is 14.1. The highest BCUT2D eigenvalue weighted by Crippen LogP contribution is 2.53. The highest BCUT2D eigenvalue weighted by Gasteiger charge is 2.54. The second-order valence-corrected chi connectivity index (χ2v) is 12.5. The Hall–Kier alpha value is -3.85. The predicted molar refractivity (Wildman–Crippen MR) is 154 cm³/mol. The molecule has 3 aromatic rings. The van der Waals surface area contributed by atoms with Crippen molar-refractivity contribution in [1.29, 1.82) is 0 Å². The molecule has 0 aliphatic carbocycles. The molecule has 5 rings (SSSR count). The van der Waals surface area contributed by atoms with Gasteiger partial charge in [-0.05, 0) is 85.8 Å². The van der Waals surface area contributed by atoms with Gasteiger partial charge in [0, 0.05) is 37.5 Å². The fourth-order valence-electron chi connectivity index (χ4n) is 6.12. The summed E-state index contributed by atoms with van der Waals surface area (Å²) < 4.78 is 34.8. The third-order valence-corrected chi connectivity index (χ3v) is 10.5. The number of benzene rings is 3. The molecule has 1 fully saturated rings. The summed E-state index contributed by atoms with van der Waals surface area (Å²) in [6, 6.07) is 19.2. The molecular formula is C31H35N3O5S. The van der Waals surface area contributed by atoms with Gasteiger partial charge in [0.15, 0.2) is 0 Å². The first-order valence-corrected chi connectivity index (χ1v) is 14.9. The Morgan fingerprint density at radius 3 is 2.33 bits per heavy atom. The van der Waals surface area contributed by atoms with Crippen LogP contribution in [-0.4, -0.2) is 51.4 Å². The second kappa shape index (κ2) is 10.6. The summed E-state index contributed by atoms with van der Waals surface area (Å²) in [5.41, 5.74) is 3.50. The highest BCUT2D eigenvalue weighted by atomic mass is 32.2. The molecule has 0 bridgehead atoms. The molecule has 1 saturated heterocycles. The van der Waals surface area contributed by atoms with E-state index < -0.39 is 21.5 Å². The molecule has 0 aromatic heterocycles. The molecule has 8 nitrogen and oxygen atoms in total. The molecule has 3 aromatic carbocycles. The van der Waals surface area contributed by atoms with Gasteiger partial charge in [-0.3, -0.25) is 13.9 Å². The number of likely N-dealkylation sites (tertiary alicyclic amines) is 1. The van der Waals surface area contributed by atoms with Crippen LogP contribution in [0.15, 0.2) is 71.6 Å². The van der Waals surface area contributed by atoms with Crippen molar-refractivity contribution in [2.24, 2.45) is 0 Å². The van der Waals surface area contributed by atoms with Crippen molar-refractivity contribution in [1.82, 2.24) is 10.2 Å². The third-order valence-electron chi connectivity index (χ3n) is 8.60. The minimum atomic E-state index is -3.92. The fourth-order valence-corrected chi connectivity index (χ4v) is 7.86. The molecule has 0 radical (unpaired) electrons. The van der Waals surface area contributed by atoms with Gasteiger partial charge < -0.3 is 15.0 Å². The number of anilines is 1. The summed E-state index contributed by atoms with van der Waals surface area (Å²) in [6.07, 6.45) is 1.20. The summed E-state index contributed by atoms with van der Waals surface area (Å²) in [5.74, 6) is 0.363. The first-order chi connectivity index (χ1) is 19.1. The van der Waals surface area contributed by atoms with Crippen molar-refractivity contribution in [3.63, 3.8) is 0 Å². The number of nitrogens with one attached hydrogen (secondary N) is 1. The molecule has 1 unspecified atom stereocenters. The lowest BCUT2D eigenvalue weighted by Gasteiger charge is -2.43. The van der Waals surface area contributed by atoms with E-state index in [1.807, 2.05) is 44.2 Å². The number of nitrogens with zero attached hydrogens (tertiary/aromatic N) is 2. The van der Waals surface area contributed by atoms with E-state index in [1.54, 1.807) is 48.2 Å². The van der Waals surface area contributed by atoms with Crippen LogP contribution in [0.5, 0.6) is 5.75 Å². The van der Waals surface area contributed by atoms with Crippen LogP contribution in [-0.2, 0) is 26.8 Å². The Kier molecular flexibility index (Phi) is 7.35. The summed E-state index contributed by atoms with van der Waals surface area (Å²) in [6.45, 7) is 6.95. The van der Waals surface area contributed by atoms with Gasteiger partial charge in [0.1, 0.15) is 5.75 Å². The molecule has 1 spiro atoms. The number of hydrogen-bond donors (Lipinski definition) is 1. The van der Waals surface area contributed by atoms with Gasteiger partial charge in [-0.25, -0.2) is 8.42 Å². The first kappa shape index (κ1) is 27.7. The number of hydrogen-bond acceptors (Lipinski definition) is 5. The summed E-state index contributed by atoms with van der Waals surface area (Å²) >= 11 is 0. The monoisotopic (exact) mass is 561 g/mol. The Morgan fingerprint density at radius 1 is 1.02 bits per heavy atom. The van der Waals surface area contributed by atoms with Gasteiger partial charge in [-0.1, -0.05) is 24.3 Å². The smallest absolute Gasteiger partial charge is 0.264 e. The van der Waals surface area contributed by atoms with Gasteiger partial charge in [-0.15, -0.1) is 0 Å². The number of sulfonamides is 1. The number of rotatable bonds is 6. The van der Waals surface area contributed by atoms with Crippen LogP contribution in [0.25, 0.3) is 0 Å². The Labute approximate surface area is 236 Å². The van der Waals surface area contributed by atoms with Gasteiger partial charge in [0.2, 0.25) is 5.91 Å². The highest BCUT2D eigenvalue weighted by molar-refractivity contribution is 7.92. The van der Waals surface area contributed by atoms with Crippen LogP contribution in [0.3, 0.4) is 0 Å². The van der Waals surface area contributed by atoms with Crippen molar-refractivity contribution in [3.8, 4) is 5.75 Å². The molecule has 1 atom stereocenters. The maximum Gasteiger partial charge on any atom is 0.264 e.